The Bertz CT molecular complexity index is 151. The van der Waals surface area contributed by atoms with Gasteiger partial charge in [-0.1, -0.05) is 0 Å². The molecule has 0 unspecified atom stereocenters. The quantitative estimate of drug-likeness (QED) is 0.641. The molecular weight excluding hydrogens is 154 g/mol. The van der Waals surface area contributed by atoms with E-state index >= 15 is 0 Å². The van der Waals surface area contributed by atoms with Crippen LogP contribution in [0.15, 0.2) is 0 Å². The molecule has 0 aromatic rings. The molecule has 0 aromatic heterocycles. The largest absolute Gasteiger partial charge is 0.396 e. The first-order chi connectivity index (χ1) is 5.72. The number of aliphatic hydroxyl groups excluding tert-OH is 1. The van der Waals surface area contributed by atoms with Gasteiger partial charge in [-0.25, -0.2) is 0 Å². The molecular formula is C9H17NO2. The molecule has 0 aromatic carbocycles. The van der Waals surface area contributed by atoms with Gasteiger partial charge in [-0.05, 0) is 31.6 Å². The molecule has 0 saturated heterocycles. The van der Waals surface area contributed by atoms with Gasteiger partial charge < -0.3 is 10.4 Å². The average molecular weight is 171 g/mol. The Morgan fingerprint density at radius 2 is 2.00 bits per heavy atom. The zero-order chi connectivity index (χ0) is 8.97. The standard InChI is InChI=1S/C9H17NO2/c1-7(12)10-9-4-2-8(6-11)3-5-9/h8-9,11H,2-6H2,1H3,(H,10,12)/t8-,9+. The van der Waals surface area contributed by atoms with E-state index in [0.29, 0.717) is 18.6 Å². The van der Waals surface area contributed by atoms with Crippen LogP contribution in [-0.4, -0.2) is 23.7 Å². The van der Waals surface area contributed by atoms with E-state index in [4.69, 9.17) is 5.11 Å². The third-order valence-electron chi connectivity index (χ3n) is 2.51. The molecule has 2 N–H and O–H groups in total. The van der Waals surface area contributed by atoms with Gasteiger partial charge >= 0.3 is 0 Å². The predicted octanol–water partition coefficient (Wildman–Crippen LogP) is 0.674. The molecule has 1 aliphatic carbocycles. The number of carbonyl (C=O) groups is 1. The summed E-state index contributed by atoms with van der Waals surface area (Å²) < 4.78 is 0. The summed E-state index contributed by atoms with van der Waals surface area (Å²) in [5.74, 6) is 0.525. The van der Waals surface area contributed by atoms with Crippen molar-refractivity contribution in [2.75, 3.05) is 6.61 Å². The number of hydrogen-bond donors (Lipinski definition) is 2. The molecule has 0 spiro atoms. The zero-order valence-corrected chi connectivity index (χ0v) is 7.55. The van der Waals surface area contributed by atoms with Gasteiger partial charge in [0.1, 0.15) is 0 Å². The molecule has 1 amide bonds. The molecule has 70 valence electrons. The van der Waals surface area contributed by atoms with Gasteiger partial charge in [0, 0.05) is 19.6 Å². The summed E-state index contributed by atoms with van der Waals surface area (Å²) in [5, 5.41) is 11.8. The lowest BCUT2D eigenvalue weighted by atomic mass is 9.86. The molecule has 0 aliphatic heterocycles. The minimum absolute atomic E-state index is 0.0578. The minimum Gasteiger partial charge on any atom is -0.396 e. The summed E-state index contributed by atoms with van der Waals surface area (Å²) in [6.45, 7) is 1.85. The normalized spacial score (nSPS) is 29.8. The van der Waals surface area contributed by atoms with Crippen LogP contribution in [0.5, 0.6) is 0 Å². The van der Waals surface area contributed by atoms with Crippen LogP contribution >= 0.6 is 0 Å². The molecule has 1 rings (SSSR count). The molecule has 0 heterocycles. The lowest BCUT2D eigenvalue weighted by Gasteiger charge is -2.27. The van der Waals surface area contributed by atoms with Crippen LogP contribution in [0.3, 0.4) is 0 Å². The fraction of sp³-hybridized carbons (Fsp3) is 0.889. The second-order valence-electron chi connectivity index (χ2n) is 3.60. The molecule has 1 saturated carbocycles. The minimum atomic E-state index is 0.0578. The number of amides is 1. The molecule has 0 radical (unpaired) electrons. The van der Waals surface area contributed by atoms with E-state index < -0.39 is 0 Å². The number of nitrogens with one attached hydrogen (secondary N) is 1. The first kappa shape index (κ1) is 9.52. The van der Waals surface area contributed by atoms with Crippen molar-refractivity contribution in [2.24, 2.45) is 5.92 Å². The van der Waals surface area contributed by atoms with E-state index in [2.05, 4.69) is 5.32 Å². The van der Waals surface area contributed by atoms with Crippen molar-refractivity contribution >= 4 is 5.91 Å². The van der Waals surface area contributed by atoms with Crippen LogP contribution in [0.1, 0.15) is 32.6 Å². The van der Waals surface area contributed by atoms with Crippen molar-refractivity contribution in [3.05, 3.63) is 0 Å². The maximum atomic E-state index is 10.7. The third-order valence-corrected chi connectivity index (χ3v) is 2.51. The van der Waals surface area contributed by atoms with Gasteiger partial charge in [-0.15, -0.1) is 0 Å². The fourth-order valence-corrected chi connectivity index (χ4v) is 1.78. The number of rotatable bonds is 2. The molecule has 12 heavy (non-hydrogen) atoms. The molecule has 0 atom stereocenters. The van der Waals surface area contributed by atoms with Gasteiger partial charge in [0.2, 0.25) is 5.91 Å². The maximum absolute atomic E-state index is 10.7. The Morgan fingerprint density at radius 1 is 1.42 bits per heavy atom. The Labute approximate surface area is 73.2 Å². The van der Waals surface area contributed by atoms with Crippen molar-refractivity contribution in [3.63, 3.8) is 0 Å². The zero-order valence-electron chi connectivity index (χ0n) is 7.55. The summed E-state index contributed by atoms with van der Waals surface area (Å²) in [5.41, 5.74) is 0. The van der Waals surface area contributed by atoms with Crippen molar-refractivity contribution < 1.29 is 9.90 Å². The van der Waals surface area contributed by atoms with Gasteiger partial charge in [-0.2, -0.15) is 0 Å². The summed E-state index contributed by atoms with van der Waals surface area (Å²) >= 11 is 0. The number of carbonyl (C=O) groups excluding carboxylic acids is 1. The van der Waals surface area contributed by atoms with Crippen LogP contribution in [0.25, 0.3) is 0 Å². The Balaban J connectivity index is 2.21. The predicted molar refractivity (Wildman–Crippen MR) is 46.6 cm³/mol. The van der Waals surface area contributed by atoms with Crippen molar-refractivity contribution in [3.8, 4) is 0 Å². The van der Waals surface area contributed by atoms with E-state index in [-0.39, 0.29) is 5.91 Å². The van der Waals surface area contributed by atoms with Gasteiger partial charge in [0.15, 0.2) is 0 Å². The van der Waals surface area contributed by atoms with Crippen LogP contribution in [0.4, 0.5) is 0 Å². The summed E-state index contributed by atoms with van der Waals surface area (Å²) in [6, 6.07) is 0.352. The van der Waals surface area contributed by atoms with E-state index in [1.165, 1.54) is 0 Å². The highest BCUT2D eigenvalue weighted by molar-refractivity contribution is 5.73. The van der Waals surface area contributed by atoms with Crippen molar-refractivity contribution in [2.45, 2.75) is 38.6 Å². The molecule has 1 fully saturated rings. The molecule has 3 heteroatoms. The van der Waals surface area contributed by atoms with Crippen molar-refractivity contribution in [1.82, 2.24) is 5.32 Å². The second-order valence-corrected chi connectivity index (χ2v) is 3.60. The Morgan fingerprint density at radius 3 is 2.42 bits per heavy atom. The molecule has 3 nitrogen and oxygen atoms in total. The van der Waals surface area contributed by atoms with E-state index in [0.717, 1.165) is 25.7 Å². The Kier molecular flexibility index (Phi) is 3.53. The first-order valence-electron chi connectivity index (χ1n) is 4.60. The smallest absolute Gasteiger partial charge is 0.217 e. The van der Waals surface area contributed by atoms with Gasteiger partial charge in [0.05, 0.1) is 0 Å². The van der Waals surface area contributed by atoms with Gasteiger partial charge in [0.25, 0.3) is 0 Å². The van der Waals surface area contributed by atoms with Crippen LogP contribution in [-0.2, 0) is 4.79 Å². The monoisotopic (exact) mass is 171 g/mol. The van der Waals surface area contributed by atoms with Crippen LogP contribution in [0, 0.1) is 5.92 Å². The lowest BCUT2D eigenvalue weighted by Crippen LogP contribution is -2.36. The van der Waals surface area contributed by atoms with E-state index in [9.17, 15) is 4.79 Å². The summed E-state index contributed by atoms with van der Waals surface area (Å²) in [6.07, 6.45) is 4.12. The summed E-state index contributed by atoms with van der Waals surface area (Å²) in [4.78, 5) is 10.7. The Hall–Kier alpha value is -0.570. The third kappa shape index (κ3) is 2.81. The highest BCUT2D eigenvalue weighted by Gasteiger charge is 2.20. The van der Waals surface area contributed by atoms with E-state index in [1.54, 1.807) is 6.92 Å². The lowest BCUT2D eigenvalue weighted by molar-refractivity contribution is -0.119. The number of aliphatic hydroxyl groups is 1. The van der Waals surface area contributed by atoms with Crippen LogP contribution < -0.4 is 5.32 Å². The second kappa shape index (κ2) is 4.45. The first-order valence-corrected chi connectivity index (χ1v) is 4.60. The molecule has 1 aliphatic rings. The number of hydrogen-bond acceptors (Lipinski definition) is 2. The van der Waals surface area contributed by atoms with Gasteiger partial charge in [-0.3, -0.25) is 4.79 Å². The van der Waals surface area contributed by atoms with Crippen LogP contribution in [0.2, 0.25) is 0 Å². The van der Waals surface area contributed by atoms with E-state index in [1.807, 2.05) is 0 Å². The fourth-order valence-electron chi connectivity index (χ4n) is 1.78. The topological polar surface area (TPSA) is 49.3 Å². The van der Waals surface area contributed by atoms with Crippen molar-refractivity contribution in [1.29, 1.82) is 0 Å². The highest BCUT2D eigenvalue weighted by Crippen LogP contribution is 2.23. The maximum Gasteiger partial charge on any atom is 0.217 e. The summed E-state index contributed by atoms with van der Waals surface area (Å²) in [7, 11) is 0. The average Bonchev–Trinajstić information content (AvgIpc) is 2.05. The SMILES string of the molecule is CC(=O)N[C@H]1CC[C@@H](CO)CC1. The highest BCUT2D eigenvalue weighted by atomic mass is 16.3. The molecule has 0 bridgehead atoms.